The predicted molar refractivity (Wildman–Crippen MR) is 131 cm³/mol. The summed E-state index contributed by atoms with van der Waals surface area (Å²) in [6, 6.07) is 14.3. The Labute approximate surface area is 204 Å². The van der Waals surface area contributed by atoms with Crippen LogP contribution in [0.3, 0.4) is 0 Å². The summed E-state index contributed by atoms with van der Waals surface area (Å²) in [6.45, 7) is 0. The van der Waals surface area contributed by atoms with Crippen molar-refractivity contribution in [2.24, 2.45) is 0 Å². The minimum atomic E-state index is -0.667. The van der Waals surface area contributed by atoms with Crippen LogP contribution in [0, 0.1) is 11.6 Å². The first kappa shape index (κ1) is 23.8. The standard InChI is InChI=1S/C25H19F2N3O4S/c1-32-22-12-17-19(13-23(22)33-2)28-9-8-20(17)34-21-7-6-16(11-18(21)27)29-25(35)30-24(31)14-4-3-5-15(26)10-14/h3-13H,1-2H3,(H2,29,30,31,35). The summed E-state index contributed by atoms with van der Waals surface area (Å²) in [5.41, 5.74) is 0.964. The van der Waals surface area contributed by atoms with Crippen molar-refractivity contribution in [3.8, 4) is 23.0 Å². The summed E-state index contributed by atoms with van der Waals surface area (Å²) in [7, 11) is 3.03. The number of nitrogens with zero attached hydrogens (tertiary/aromatic N) is 1. The Kier molecular flexibility index (Phi) is 7.02. The van der Waals surface area contributed by atoms with Gasteiger partial charge in [-0.05, 0) is 54.7 Å². The smallest absolute Gasteiger partial charge is 0.257 e. The molecule has 0 fully saturated rings. The number of rotatable bonds is 6. The number of amides is 1. The Balaban J connectivity index is 1.49. The molecule has 1 aromatic heterocycles. The molecule has 0 spiro atoms. The number of pyridine rings is 1. The van der Waals surface area contributed by atoms with E-state index in [0.717, 1.165) is 6.07 Å². The molecule has 0 aliphatic carbocycles. The molecule has 2 N–H and O–H groups in total. The number of anilines is 1. The third-order valence-corrected chi connectivity index (χ3v) is 5.13. The fraction of sp³-hybridized carbons (Fsp3) is 0.0800. The molecular weight excluding hydrogens is 476 g/mol. The van der Waals surface area contributed by atoms with Gasteiger partial charge < -0.3 is 19.5 Å². The van der Waals surface area contributed by atoms with Gasteiger partial charge in [0.25, 0.3) is 5.91 Å². The molecular formula is C25H19F2N3O4S. The summed E-state index contributed by atoms with van der Waals surface area (Å²) in [6.07, 6.45) is 1.54. The van der Waals surface area contributed by atoms with Gasteiger partial charge in [0.1, 0.15) is 11.6 Å². The quantitative estimate of drug-likeness (QED) is 0.344. The van der Waals surface area contributed by atoms with E-state index in [2.05, 4.69) is 15.6 Å². The van der Waals surface area contributed by atoms with E-state index in [1.54, 1.807) is 18.2 Å². The average molecular weight is 496 g/mol. The van der Waals surface area contributed by atoms with E-state index in [1.807, 2.05) is 0 Å². The zero-order chi connectivity index (χ0) is 24.9. The molecule has 35 heavy (non-hydrogen) atoms. The lowest BCUT2D eigenvalue weighted by molar-refractivity contribution is 0.0977. The Morgan fingerprint density at radius 3 is 2.40 bits per heavy atom. The number of aromatic nitrogens is 1. The van der Waals surface area contributed by atoms with Crippen LogP contribution in [0.25, 0.3) is 10.9 Å². The Bertz CT molecular complexity index is 1430. The minimum Gasteiger partial charge on any atom is -0.493 e. The Morgan fingerprint density at radius 1 is 0.914 bits per heavy atom. The molecule has 0 atom stereocenters. The third kappa shape index (κ3) is 5.44. The number of methoxy groups -OCH3 is 2. The zero-order valence-corrected chi connectivity index (χ0v) is 19.4. The molecule has 0 radical (unpaired) electrons. The highest BCUT2D eigenvalue weighted by molar-refractivity contribution is 7.80. The number of ether oxygens (including phenoxy) is 3. The number of halogens is 2. The van der Waals surface area contributed by atoms with Gasteiger partial charge in [-0.3, -0.25) is 15.1 Å². The van der Waals surface area contributed by atoms with Crippen LogP contribution >= 0.6 is 12.2 Å². The van der Waals surface area contributed by atoms with Crippen molar-refractivity contribution in [3.63, 3.8) is 0 Å². The monoisotopic (exact) mass is 495 g/mol. The van der Waals surface area contributed by atoms with Gasteiger partial charge >= 0.3 is 0 Å². The van der Waals surface area contributed by atoms with Crippen molar-refractivity contribution < 1.29 is 27.8 Å². The highest BCUT2D eigenvalue weighted by Crippen LogP contribution is 2.37. The van der Waals surface area contributed by atoms with Gasteiger partial charge in [-0.15, -0.1) is 0 Å². The van der Waals surface area contributed by atoms with Crippen molar-refractivity contribution in [1.29, 1.82) is 0 Å². The first-order valence-electron chi connectivity index (χ1n) is 10.2. The third-order valence-electron chi connectivity index (χ3n) is 4.93. The molecule has 0 aliphatic rings. The number of nitrogens with one attached hydrogen (secondary N) is 2. The molecule has 0 bridgehead atoms. The van der Waals surface area contributed by atoms with Crippen LogP contribution in [0.5, 0.6) is 23.0 Å². The number of hydrogen-bond donors (Lipinski definition) is 2. The number of carbonyl (C=O) groups excluding carboxylic acids is 1. The molecule has 1 amide bonds. The second kappa shape index (κ2) is 10.3. The van der Waals surface area contributed by atoms with Gasteiger partial charge in [0.05, 0.1) is 19.7 Å². The molecule has 4 aromatic rings. The lowest BCUT2D eigenvalue weighted by Gasteiger charge is -2.14. The van der Waals surface area contributed by atoms with E-state index in [9.17, 15) is 13.6 Å². The van der Waals surface area contributed by atoms with Crippen LogP contribution < -0.4 is 24.8 Å². The van der Waals surface area contributed by atoms with Crippen LogP contribution in [0.15, 0.2) is 66.9 Å². The number of hydrogen-bond acceptors (Lipinski definition) is 6. The van der Waals surface area contributed by atoms with E-state index in [1.165, 1.54) is 56.8 Å². The summed E-state index contributed by atoms with van der Waals surface area (Å²) in [5.74, 6) is -0.494. The van der Waals surface area contributed by atoms with Crippen molar-refractivity contribution in [1.82, 2.24) is 10.3 Å². The van der Waals surface area contributed by atoms with E-state index < -0.39 is 17.5 Å². The topological polar surface area (TPSA) is 81.7 Å². The minimum absolute atomic E-state index is 0.0347. The van der Waals surface area contributed by atoms with Crippen molar-refractivity contribution in [2.75, 3.05) is 19.5 Å². The fourth-order valence-corrected chi connectivity index (χ4v) is 3.49. The highest BCUT2D eigenvalue weighted by atomic mass is 32.1. The molecule has 1 heterocycles. The zero-order valence-electron chi connectivity index (χ0n) is 18.6. The summed E-state index contributed by atoms with van der Waals surface area (Å²) >= 11 is 5.10. The maximum Gasteiger partial charge on any atom is 0.257 e. The first-order chi connectivity index (χ1) is 16.9. The largest absolute Gasteiger partial charge is 0.493 e. The van der Waals surface area contributed by atoms with Crippen molar-refractivity contribution in [2.45, 2.75) is 0 Å². The first-order valence-corrected chi connectivity index (χ1v) is 10.6. The van der Waals surface area contributed by atoms with E-state index >= 15 is 0 Å². The Hall–Kier alpha value is -4.31. The molecule has 0 unspecified atom stereocenters. The SMILES string of the molecule is COc1cc2nccc(Oc3ccc(NC(=S)NC(=O)c4cccc(F)c4)cc3F)c2cc1OC. The second-order valence-corrected chi connectivity index (χ2v) is 7.61. The number of thiocarbonyl (C=S) groups is 1. The maximum atomic E-state index is 14.8. The van der Waals surface area contributed by atoms with Gasteiger partial charge in [-0.2, -0.15) is 0 Å². The second-order valence-electron chi connectivity index (χ2n) is 7.20. The molecule has 0 aliphatic heterocycles. The molecule has 4 rings (SSSR count). The number of benzene rings is 3. The normalized spacial score (nSPS) is 10.5. The summed E-state index contributed by atoms with van der Waals surface area (Å²) in [4.78, 5) is 16.5. The van der Waals surface area contributed by atoms with Crippen LogP contribution in [-0.2, 0) is 0 Å². The average Bonchev–Trinajstić information content (AvgIpc) is 2.84. The summed E-state index contributed by atoms with van der Waals surface area (Å²) < 4.78 is 44.6. The number of fused-ring (bicyclic) bond motifs is 1. The van der Waals surface area contributed by atoms with E-state index in [4.69, 9.17) is 26.4 Å². The van der Waals surface area contributed by atoms with Crippen LogP contribution in [0.4, 0.5) is 14.5 Å². The van der Waals surface area contributed by atoms with Gasteiger partial charge in [0, 0.05) is 35.0 Å². The van der Waals surface area contributed by atoms with E-state index in [-0.39, 0.29) is 22.1 Å². The molecule has 10 heteroatoms. The molecule has 0 saturated heterocycles. The molecule has 178 valence electrons. The van der Waals surface area contributed by atoms with Gasteiger partial charge in [-0.1, -0.05) is 6.07 Å². The highest BCUT2D eigenvalue weighted by Gasteiger charge is 2.14. The number of carbonyl (C=O) groups is 1. The van der Waals surface area contributed by atoms with Crippen LogP contribution in [0.2, 0.25) is 0 Å². The van der Waals surface area contributed by atoms with Crippen LogP contribution in [-0.4, -0.2) is 30.2 Å². The summed E-state index contributed by atoms with van der Waals surface area (Å²) in [5, 5.41) is 5.66. The fourth-order valence-electron chi connectivity index (χ4n) is 3.28. The van der Waals surface area contributed by atoms with Crippen molar-refractivity contribution in [3.05, 3.63) is 84.1 Å². The lowest BCUT2D eigenvalue weighted by atomic mass is 10.2. The Morgan fingerprint density at radius 2 is 1.69 bits per heavy atom. The predicted octanol–water partition coefficient (Wildman–Crippen LogP) is 5.45. The van der Waals surface area contributed by atoms with Gasteiger partial charge in [0.15, 0.2) is 28.2 Å². The molecule has 3 aromatic carbocycles. The maximum absolute atomic E-state index is 14.8. The van der Waals surface area contributed by atoms with Gasteiger partial charge in [-0.25, -0.2) is 8.78 Å². The molecule has 7 nitrogen and oxygen atoms in total. The van der Waals surface area contributed by atoms with Gasteiger partial charge in [0.2, 0.25) is 0 Å². The molecule has 0 saturated carbocycles. The van der Waals surface area contributed by atoms with Crippen molar-refractivity contribution >= 4 is 39.8 Å². The van der Waals surface area contributed by atoms with Crippen LogP contribution in [0.1, 0.15) is 10.4 Å². The van der Waals surface area contributed by atoms with E-state index in [0.29, 0.717) is 28.2 Å². The lowest BCUT2D eigenvalue weighted by Crippen LogP contribution is -2.34.